The molecule has 2 aromatic carbocycles. The van der Waals surface area contributed by atoms with Gasteiger partial charge in [0.1, 0.15) is 11.5 Å². The van der Waals surface area contributed by atoms with E-state index >= 15 is 0 Å². The van der Waals surface area contributed by atoms with Crippen LogP contribution in [0.3, 0.4) is 0 Å². The van der Waals surface area contributed by atoms with E-state index in [2.05, 4.69) is 10.4 Å². The van der Waals surface area contributed by atoms with Crippen LogP contribution < -0.4 is 16.5 Å². The molecule has 1 heterocycles. The van der Waals surface area contributed by atoms with Gasteiger partial charge in [-0.1, -0.05) is 24.3 Å². The summed E-state index contributed by atoms with van der Waals surface area (Å²) in [6.45, 7) is 1.57. The molecule has 0 saturated heterocycles. The average molecular weight is 366 g/mol. The fourth-order valence-electron chi connectivity index (χ4n) is 2.56. The SMILES string of the molecule is Cc1cc(=O)c(C(=O)Nc2ccccc2C(N)=O)nn1-c1ccccc1F. The van der Waals surface area contributed by atoms with E-state index in [1.54, 1.807) is 25.1 Å². The standard InChI is InChI=1S/C19H15FN4O3/c1-11-10-16(25)17(23-24(11)15-9-5-3-7-13(15)20)19(27)22-14-8-4-2-6-12(14)18(21)26/h2-10H,1H3,(H2,21,26)(H,22,27). The second kappa shape index (κ2) is 7.20. The second-order valence-corrected chi connectivity index (χ2v) is 5.73. The molecule has 0 atom stereocenters. The van der Waals surface area contributed by atoms with E-state index in [4.69, 9.17) is 5.73 Å². The van der Waals surface area contributed by atoms with Crippen molar-refractivity contribution in [2.24, 2.45) is 5.73 Å². The van der Waals surface area contributed by atoms with Crippen molar-refractivity contribution in [1.82, 2.24) is 9.78 Å². The van der Waals surface area contributed by atoms with Crippen molar-refractivity contribution in [3.63, 3.8) is 0 Å². The maximum Gasteiger partial charge on any atom is 0.280 e. The van der Waals surface area contributed by atoms with Crippen molar-refractivity contribution in [2.45, 2.75) is 6.92 Å². The summed E-state index contributed by atoms with van der Waals surface area (Å²) in [4.78, 5) is 36.3. The monoisotopic (exact) mass is 366 g/mol. The summed E-state index contributed by atoms with van der Waals surface area (Å²) in [6, 6.07) is 13.1. The van der Waals surface area contributed by atoms with Gasteiger partial charge in [-0.05, 0) is 31.2 Å². The maximum atomic E-state index is 14.1. The summed E-state index contributed by atoms with van der Waals surface area (Å²) in [6.07, 6.45) is 0. The molecule has 7 nitrogen and oxygen atoms in total. The fourth-order valence-corrected chi connectivity index (χ4v) is 2.56. The number of rotatable bonds is 4. The summed E-state index contributed by atoms with van der Waals surface area (Å²) in [5.41, 5.74) is 4.91. The number of nitrogens with two attached hydrogens (primary N) is 1. The average Bonchev–Trinajstić information content (AvgIpc) is 2.63. The Morgan fingerprint density at radius 1 is 1.11 bits per heavy atom. The first kappa shape index (κ1) is 18.0. The van der Waals surface area contributed by atoms with Crippen LogP contribution in [0, 0.1) is 12.7 Å². The van der Waals surface area contributed by atoms with Crippen LogP contribution in [0.15, 0.2) is 59.4 Å². The Bertz CT molecular complexity index is 1110. The molecule has 27 heavy (non-hydrogen) atoms. The highest BCUT2D eigenvalue weighted by atomic mass is 19.1. The van der Waals surface area contributed by atoms with Crippen LogP contribution in [-0.4, -0.2) is 21.6 Å². The lowest BCUT2D eigenvalue weighted by Gasteiger charge is -2.12. The molecule has 0 aliphatic rings. The molecular weight excluding hydrogens is 351 g/mol. The van der Waals surface area contributed by atoms with Gasteiger partial charge in [-0.15, -0.1) is 0 Å². The third-order valence-corrected chi connectivity index (χ3v) is 3.84. The first-order valence-corrected chi connectivity index (χ1v) is 7.94. The minimum atomic E-state index is -0.834. The summed E-state index contributed by atoms with van der Waals surface area (Å²) < 4.78 is 15.3. The Balaban J connectivity index is 2.04. The minimum Gasteiger partial charge on any atom is -0.366 e. The summed E-state index contributed by atoms with van der Waals surface area (Å²) in [5, 5.41) is 6.46. The molecule has 1 aromatic heterocycles. The van der Waals surface area contributed by atoms with Gasteiger partial charge in [-0.3, -0.25) is 14.4 Å². The quantitative estimate of drug-likeness (QED) is 0.737. The predicted molar refractivity (Wildman–Crippen MR) is 97.4 cm³/mol. The van der Waals surface area contributed by atoms with Crippen LogP contribution in [0.1, 0.15) is 26.5 Å². The minimum absolute atomic E-state index is 0.0902. The molecule has 2 amide bonds. The van der Waals surface area contributed by atoms with Gasteiger partial charge in [0.2, 0.25) is 5.43 Å². The first-order chi connectivity index (χ1) is 12.9. The molecule has 0 saturated carbocycles. The zero-order valence-electron chi connectivity index (χ0n) is 14.3. The molecule has 8 heteroatoms. The largest absolute Gasteiger partial charge is 0.366 e. The van der Waals surface area contributed by atoms with Crippen LogP contribution in [0.25, 0.3) is 5.69 Å². The predicted octanol–water partition coefficient (Wildman–Crippen LogP) is 2.03. The van der Waals surface area contributed by atoms with Gasteiger partial charge in [0.05, 0.1) is 11.3 Å². The number of hydrogen-bond donors (Lipinski definition) is 2. The molecule has 3 aromatic rings. The number of hydrogen-bond acceptors (Lipinski definition) is 4. The Morgan fingerprint density at radius 3 is 2.48 bits per heavy atom. The van der Waals surface area contributed by atoms with Crippen molar-refractivity contribution in [3.8, 4) is 5.69 Å². The normalized spacial score (nSPS) is 10.4. The Morgan fingerprint density at radius 2 is 1.78 bits per heavy atom. The van der Waals surface area contributed by atoms with Gasteiger partial charge in [0.25, 0.3) is 11.8 Å². The molecule has 0 spiro atoms. The number of carbonyl (C=O) groups excluding carboxylic acids is 2. The maximum absolute atomic E-state index is 14.1. The molecule has 0 fully saturated rings. The Labute approximate surface area is 153 Å². The highest BCUT2D eigenvalue weighted by Gasteiger charge is 2.18. The molecule has 0 radical (unpaired) electrons. The van der Waals surface area contributed by atoms with Gasteiger partial charge in [-0.25, -0.2) is 9.07 Å². The number of carbonyl (C=O) groups is 2. The molecule has 0 unspecified atom stereocenters. The van der Waals surface area contributed by atoms with E-state index < -0.39 is 28.8 Å². The first-order valence-electron chi connectivity index (χ1n) is 7.94. The third kappa shape index (κ3) is 3.59. The highest BCUT2D eigenvalue weighted by molar-refractivity contribution is 6.07. The third-order valence-electron chi connectivity index (χ3n) is 3.84. The Hall–Kier alpha value is -3.81. The zero-order chi connectivity index (χ0) is 19.6. The molecular formula is C19H15FN4O3. The van der Waals surface area contributed by atoms with Gasteiger partial charge in [0.15, 0.2) is 5.69 Å². The number of nitrogens with one attached hydrogen (secondary N) is 1. The summed E-state index contributed by atoms with van der Waals surface area (Å²) >= 11 is 0. The van der Waals surface area contributed by atoms with Crippen molar-refractivity contribution in [2.75, 3.05) is 5.32 Å². The summed E-state index contributed by atoms with van der Waals surface area (Å²) in [5.74, 6) is -2.12. The van der Waals surface area contributed by atoms with Crippen molar-refractivity contribution in [1.29, 1.82) is 0 Å². The number of para-hydroxylation sites is 2. The van der Waals surface area contributed by atoms with Crippen LogP contribution in [0.4, 0.5) is 10.1 Å². The second-order valence-electron chi connectivity index (χ2n) is 5.73. The van der Waals surface area contributed by atoms with E-state index in [1.807, 2.05) is 0 Å². The molecule has 136 valence electrons. The Kier molecular flexibility index (Phi) is 4.80. The van der Waals surface area contributed by atoms with E-state index in [0.29, 0.717) is 5.69 Å². The zero-order valence-corrected chi connectivity index (χ0v) is 14.3. The number of primary amides is 1. The van der Waals surface area contributed by atoms with E-state index in [0.717, 1.165) is 0 Å². The molecule has 0 aliphatic heterocycles. The van der Waals surface area contributed by atoms with Crippen molar-refractivity contribution >= 4 is 17.5 Å². The number of benzene rings is 2. The molecule has 3 rings (SSSR count). The number of aromatic nitrogens is 2. The van der Waals surface area contributed by atoms with E-state index in [1.165, 1.54) is 41.1 Å². The lowest BCUT2D eigenvalue weighted by atomic mass is 10.1. The number of aryl methyl sites for hydroxylation is 1. The molecule has 0 bridgehead atoms. The van der Waals surface area contributed by atoms with Crippen molar-refractivity contribution < 1.29 is 14.0 Å². The number of halogens is 1. The topological polar surface area (TPSA) is 107 Å². The van der Waals surface area contributed by atoms with E-state index in [-0.39, 0.29) is 16.9 Å². The van der Waals surface area contributed by atoms with Gasteiger partial charge < -0.3 is 11.1 Å². The van der Waals surface area contributed by atoms with Gasteiger partial charge >= 0.3 is 0 Å². The highest BCUT2D eigenvalue weighted by Crippen LogP contribution is 2.16. The lowest BCUT2D eigenvalue weighted by Crippen LogP contribution is -2.28. The van der Waals surface area contributed by atoms with E-state index in [9.17, 15) is 18.8 Å². The fraction of sp³-hybridized carbons (Fsp3) is 0.0526. The van der Waals surface area contributed by atoms with Crippen LogP contribution in [0.5, 0.6) is 0 Å². The number of nitrogens with zero attached hydrogens (tertiary/aromatic N) is 2. The van der Waals surface area contributed by atoms with Gasteiger partial charge in [-0.2, -0.15) is 5.10 Å². The van der Waals surface area contributed by atoms with Crippen LogP contribution in [-0.2, 0) is 0 Å². The lowest BCUT2D eigenvalue weighted by molar-refractivity contribution is 0.100. The van der Waals surface area contributed by atoms with Crippen molar-refractivity contribution in [3.05, 3.63) is 87.6 Å². The van der Waals surface area contributed by atoms with Gasteiger partial charge in [0, 0.05) is 11.8 Å². The smallest absolute Gasteiger partial charge is 0.280 e. The van der Waals surface area contributed by atoms with Crippen LogP contribution in [0.2, 0.25) is 0 Å². The molecule has 0 aliphatic carbocycles. The summed E-state index contributed by atoms with van der Waals surface area (Å²) in [7, 11) is 0. The number of anilines is 1. The molecule has 3 N–H and O–H groups in total. The number of amides is 2. The van der Waals surface area contributed by atoms with Crippen LogP contribution >= 0.6 is 0 Å².